The monoisotopic (exact) mass is 318 g/mol. The van der Waals surface area contributed by atoms with Gasteiger partial charge in [0.15, 0.2) is 0 Å². The molecule has 4 nitrogen and oxygen atoms in total. The lowest BCUT2D eigenvalue weighted by atomic mass is 10.1. The molecule has 1 fully saturated rings. The van der Waals surface area contributed by atoms with Gasteiger partial charge in [-0.2, -0.15) is 0 Å². The summed E-state index contributed by atoms with van der Waals surface area (Å²) in [6.07, 6.45) is 4.91. The molecule has 0 N–H and O–H groups in total. The second-order valence-electron chi connectivity index (χ2n) is 5.91. The van der Waals surface area contributed by atoms with Gasteiger partial charge in [-0.3, -0.25) is 4.90 Å². The van der Waals surface area contributed by atoms with Crippen molar-refractivity contribution in [1.29, 1.82) is 0 Å². The van der Waals surface area contributed by atoms with E-state index in [-0.39, 0.29) is 0 Å². The van der Waals surface area contributed by atoms with Gasteiger partial charge in [-0.1, -0.05) is 29.8 Å². The van der Waals surface area contributed by atoms with Gasteiger partial charge in [-0.15, -0.1) is 0 Å². The zero-order valence-electron chi connectivity index (χ0n) is 13.1. The Kier molecular flexibility index (Phi) is 5.13. The zero-order chi connectivity index (χ0) is 15.4. The molecule has 0 spiro atoms. The Morgan fingerprint density at radius 2 is 1.82 bits per heavy atom. The van der Waals surface area contributed by atoms with Crippen LogP contribution in [0.2, 0.25) is 5.02 Å². The van der Waals surface area contributed by atoms with E-state index in [2.05, 4.69) is 38.5 Å². The Labute approximate surface area is 137 Å². The summed E-state index contributed by atoms with van der Waals surface area (Å²) in [6, 6.07) is 8.15. The van der Waals surface area contributed by atoms with Crippen LogP contribution in [0.5, 0.6) is 0 Å². The highest BCUT2D eigenvalue weighted by Crippen LogP contribution is 2.16. The SMILES string of the molecule is Cn1ccnc1CN1CCN(CCc2ccccc2Cl)CC1. The quantitative estimate of drug-likeness (QED) is 0.846. The van der Waals surface area contributed by atoms with Gasteiger partial charge in [0.25, 0.3) is 0 Å². The summed E-state index contributed by atoms with van der Waals surface area (Å²) < 4.78 is 2.10. The van der Waals surface area contributed by atoms with Gasteiger partial charge in [0, 0.05) is 57.2 Å². The van der Waals surface area contributed by atoms with Gasteiger partial charge in [0.2, 0.25) is 0 Å². The number of nitrogens with zero attached hydrogens (tertiary/aromatic N) is 4. The fourth-order valence-electron chi connectivity index (χ4n) is 2.90. The summed E-state index contributed by atoms with van der Waals surface area (Å²) in [4.78, 5) is 9.41. The topological polar surface area (TPSA) is 24.3 Å². The lowest BCUT2D eigenvalue weighted by molar-refractivity contribution is 0.125. The Balaban J connectivity index is 1.44. The molecule has 118 valence electrons. The molecule has 0 atom stereocenters. The van der Waals surface area contributed by atoms with Crippen LogP contribution in [0.1, 0.15) is 11.4 Å². The first-order chi connectivity index (χ1) is 10.7. The van der Waals surface area contributed by atoms with Crippen molar-refractivity contribution < 1.29 is 0 Å². The van der Waals surface area contributed by atoms with Crippen molar-refractivity contribution in [2.24, 2.45) is 7.05 Å². The number of aryl methyl sites for hydroxylation is 1. The molecule has 1 saturated heterocycles. The maximum absolute atomic E-state index is 6.22. The number of rotatable bonds is 5. The van der Waals surface area contributed by atoms with Gasteiger partial charge >= 0.3 is 0 Å². The summed E-state index contributed by atoms with van der Waals surface area (Å²) in [5, 5.41) is 0.885. The molecule has 0 radical (unpaired) electrons. The van der Waals surface area contributed by atoms with Crippen LogP contribution < -0.4 is 0 Å². The smallest absolute Gasteiger partial charge is 0.122 e. The van der Waals surface area contributed by atoms with Crippen molar-refractivity contribution in [3.63, 3.8) is 0 Å². The molecular weight excluding hydrogens is 296 g/mol. The van der Waals surface area contributed by atoms with Crippen molar-refractivity contribution in [2.45, 2.75) is 13.0 Å². The molecule has 2 aromatic rings. The highest BCUT2D eigenvalue weighted by molar-refractivity contribution is 6.31. The third-order valence-electron chi connectivity index (χ3n) is 4.41. The van der Waals surface area contributed by atoms with Gasteiger partial charge in [-0.25, -0.2) is 4.98 Å². The molecule has 22 heavy (non-hydrogen) atoms. The highest BCUT2D eigenvalue weighted by Gasteiger charge is 2.18. The van der Waals surface area contributed by atoms with E-state index in [0.717, 1.165) is 56.5 Å². The van der Waals surface area contributed by atoms with Crippen molar-refractivity contribution in [3.8, 4) is 0 Å². The fraction of sp³-hybridized carbons (Fsp3) is 0.471. The summed E-state index contributed by atoms with van der Waals surface area (Å²) in [6.45, 7) is 6.48. The van der Waals surface area contributed by atoms with Crippen LogP contribution in [0.25, 0.3) is 0 Å². The largest absolute Gasteiger partial charge is 0.337 e. The molecule has 1 aromatic carbocycles. The van der Waals surface area contributed by atoms with E-state index in [1.165, 1.54) is 5.56 Å². The molecule has 0 bridgehead atoms. The minimum Gasteiger partial charge on any atom is -0.337 e. The number of aromatic nitrogens is 2. The summed E-state index contributed by atoms with van der Waals surface area (Å²) in [7, 11) is 2.06. The van der Waals surface area contributed by atoms with Crippen LogP contribution in [-0.4, -0.2) is 52.1 Å². The lowest BCUT2D eigenvalue weighted by Crippen LogP contribution is -2.46. The third-order valence-corrected chi connectivity index (χ3v) is 4.77. The van der Waals surface area contributed by atoms with Gasteiger partial charge < -0.3 is 9.47 Å². The predicted octanol–water partition coefficient (Wildman–Crippen LogP) is 2.43. The number of imidazole rings is 1. The van der Waals surface area contributed by atoms with E-state index in [4.69, 9.17) is 11.6 Å². The van der Waals surface area contributed by atoms with Gasteiger partial charge in [-0.05, 0) is 18.1 Å². The van der Waals surface area contributed by atoms with Crippen molar-refractivity contribution >= 4 is 11.6 Å². The molecule has 0 saturated carbocycles. The second-order valence-corrected chi connectivity index (χ2v) is 6.32. The molecule has 1 aliphatic rings. The molecule has 1 aromatic heterocycles. The van der Waals surface area contributed by atoms with Crippen LogP contribution in [0.4, 0.5) is 0 Å². The van der Waals surface area contributed by atoms with E-state index in [0.29, 0.717) is 0 Å². The second kappa shape index (κ2) is 7.27. The maximum Gasteiger partial charge on any atom is 0.122 e. The van der Waals surface area contributed by atoms with Crippen LogP contribution in [0.15, 0.2) is 36.7 Å². The molecule has 0 aliphatic carbocycles. The molecule has 5 heteroatoms. The highest BCUT2D eigenvalue weighted by atomic mass is 35.5. The van der Waals surface area contributed by atoms with E-state index >= 15 is 0 Å². The van der Waals surface area contributed by atoms with E-state index < -0.39 is 0 Å². The number of halogens is 1. The van der Waals surface area contributed by atoms with Gasteiger partial charge in [0.05, 0.1) is 6.54 Å². The van der Waals surface area contributed by atoms with E-state index in [1.54, 1.807) is 0 Å². The molecule has 3 rings (SSSR count). The minimum absolute atomic E-state index is 0.885. The number of hydrogen-bond acceptors (Lipinski definition) is 3. The average molecular weight is 319 g/mol. The summed E-state index contributed by atoms with van der Waals surface area (Å²) in [5.41, 5.74) is 1.25. The molecule has 0 unspecified atom stereocenters. The third kappa shape index (κ3) is 3.88. The average Bonchev–Trinajstić information content (AvgIpc) is 2.93. The number of benzene rings is 1. The Morgan fingerprint density at radius 3 is 2.50 bits per heavy atom. The number of piperazine rings is 1. The lowest BCUT2D eigenvalue weighted by Gasteiger charge is -2.34. The normalized spacial score (nSPS) is 17.0. The standard InChI is InChI=1S/C17H23ClN4/c1-20-9-7-19-17(20)14-22-12-10-21(11-13-22)8-6-15-4-2-3-5-16(15)18/h2-5,7,9H,6,8,10-14H2,1H3. The van der Waals surface area contributed by atoms with Crippen molar-refractivity contribution in [1.82, 2.24) is 19.4 Å². The van der Waals surface area contributed by atoms with Crippen molar-refractivity contribution in [2.75, 3.05) is 32.7 Å². The van der Waals surface area contributed by atoms with Crippen LogP contribution in [-0.2, 0) is 20.0 Å². The first kappa shape index (κ1) is 15.5. The van der Waals surface area contributed by atoms with Crippen LogP contribution in [0.3, 0.4) is 0 Å². The molecule has 0 amide bonds. The summed E-state index contributed by atoms with van der Waals surface area (Å²) in [5.74, 6) is 1.14. The van der Waals surface area contributed by atoms with Crippen molar-refractivity contribution in [3.05, 3.63) is 53.1 Å². The minimum atomic E-state index is 0.885. The van der Waals surface area contributed by atoms with E-state index in [1.807, 2.05) is 24.5 Å². The van der Waals surface area contributed by atoms with E-state index in [9.17, 15) is 0 Å². The molecule has 1 aliphatic heterocycles. The number of hydrogen-bond donors (Lipinski definition) is 0. The molecule has 2 heterocycles. The Hall–Kier alpha value is -1.36. The Morgan fingerprint density at radius 1 is 1.09 bits per heavy atom. The zero-order valence-corrected chi connectivity index (χ0v) is 13.8. The molecular formula is C17H23ClN4. The first-order valence-electron chi connectivity index (χ1n) is 7.86. The fourth-order valence-corrected chi connectivity index (χ4v) is 3.13. The predicted molar refractivity (Wildman–Crippen MR) is 90.1 cm³/mol. The Bertz CT molecular complexity index is 602. The van der Waals surface area contributed by atoms with Gasteiger partial charge in [0.1, 0.15) is 5.82 Å². The maximum atomic E-state index is 6.22. The summed E-state index contributed by atoms with van der Waals surface area (Å²) >= 11 is 6.22. The first-order valence-corrected chi connectivity index (χ1v) is 8.24. The van der Waals surface area contributed by atoms with Crippen LogP contribution in [0, 0.1) is 0 Å². The van der Waals surface area contributed by atoms with Crippen LogP contribution >= 0.6 is 11.6 Å².